The molecule has 1 heterocycles. The van der Waals surface area contributed by atoms with E-state index in [1.165, 1.54) is 19.3 Å². The lowest BCUT2D eigenvalue weighted by molar-refractivity contribution is -0.161. The second-order valence-corrected chi connectivity index (χ2v) is 8.22. The fourth-order valence-corrected chi connectivity index (χ4v) is 5.63. The first kappa shape index (κ1) is 12.2. The van der Waals surface area contributed by atoms with Gasteiger partial charge in [0, 0.05) is 0 Å². The zero-order valence-corrected chi connectivity index (χ0v) is 12.2. The van der Waals surface area contributed by atoms with Crippen molar-refractivity contribution in [2.75, 3.05) is 13.3 Å². The molecule has 1 aliphatic heterocycles. The molecule has 0 unspecified atom stereocenters. The fourth-order valence-electron chi connectivity index (χ4n) is 5.63. The Morgan fingerprint density at radius 3 is 2.00 bits per heavy atom. The Hall–Kier alpha value is -0.570. The minimum atomic E-state index is -0.111. The maximum Gasteiger partial charge on any atom is 0.231 e. The van der Waals surface area contributed by atoms with E-state index in [1.807, 2.05) is 4.90 Å². The molecule has 0 N–H and O–H groups in total. The van der Waals surface area contributed by atoms with Crippen LogP contribution in [0.25, 0.3) is 0 Å². The van der Waals surface area contributed by atoms with Gasteiger partial charge in [-0.3, -0.25) is 4.79 Å². The van der Waals surface area contributed by atoms with Crippen LogP contribution in [-0.4, -0.2) is 29.7 Å². The molecular formula is C16H25NO2. The maximum absolute atomic E-state index is 13.2. The second-order valence-electron chi connectivity index (χ2n) is 8.22. The fraction of sp³-hybridized carbons (Fsp3) is 0.938. The third kappa shape index (κ3) is 1.70. The lowest BCUT2D eigenvalue weighted by Crippen LogP contribution is -2.57. The summed E-state index contributed by atoms with van der Waals surface area (Å²) in [7, 11) is 0. The Bertz CT molecular complexity index is 380. The van der Waals surface area contributed by atoms with Gasteiger partial charge < -0.3 is 9.64 Å². The van der Waals surface area contributed by atoms with Crippen molar-refractivity contribution in [3.05, 3.63) is 0 Å². The normalized spacial score (nSPS) is 46.8. The van der Waals surface area contributed by atoms with Gasteiger partial charge in [-0.1, -0.05) is 0 Å². The van der Waals surface area contributed by atoms with E-state index >= 15 is 0 Å². The molecule has 0 radical (unpaired) electrons. The van der Waals surface area contributed by atoms with Crippen molar-refractivity contribution < 1.29 is 9.53 Å². The van der Waals surface area contributed by atoms with Crippen LogP contribution in [0.4, 0.5) is 0 Å². The smallest absolute Gasteiger partial charge is 0.231 e. The monoisotopic (exact) mass is 263 g/mol. The standard InChI is InChI=1S/C16H25NO2/c1-15(2)9-19-10-17(15)14(18)16-6-11-3-12(7-16)5-13(4-11)8-16/h11-13H,3-10H2,1-2H3. The summed E-state index contributed by atoms with van der Waals surface area (Å²) >= 11 is 0. The summed E-state index contributed by atoms with van der Waals surface area (Å²) in [6.07, 6.45) is 7.66. The van der Waals surface area contributed by atoms with Gasteiger partial charge in [0.1, 0.15) is 6.73 Å². The van der Waals surface area contributed by atoms with Crippen LogP contribution < -0.4 is 0 Å². The highest BCUT2D eigenvalue weighted by Crippen LogP contribution is 2.60. The van der Waals surface area contributed by atoms with E-state index in [1.54, 1.807) is 0 Å². The van der Waals surface area contributed by atoms with Crippen LogP contribution in [0.15, 0.2) is 0 Å². The molecule has 3 nitrogen and oxygen atoms in total. The molecule has 19 heavy (non-hydrogen) atoms. The minimum absolute atomic E-state index is 0.0142. The summed E-state index contributed by atoms with van der Waals surface area (Å²) in [5.74, 6) is 2.92. The van der Waals surface area contributed by atoms with Crippen LogP contribution in [0, 0.1) is 23.2 Å². The van der Waals surface area contributed by atoms with Crippen LogP contribution >= 0.6 is 0 Å². The van der Waals surface area contributed by atoms with Crippen LogP contribution in [0.5, 0.6) is 0 Å². The van der Waals surface area contributed by atoms with Gasteiger partial charge in [0.05, 0.1) is 17.6 Å². The van der Waals surface area contributed by atoms with Crippen molar-refractivity contribution in [1.82, 2.24) is 4.90 Å². The highest BCUT2D eigenvalue weighted by molar-refractivity contribution is 5.84. The molecule has 0 spiro atoms. The molecule has 5 rings (SSSR count). The van der Waals surface area contributed by atoms with Gasteiger partial charge in [-0.25, -0.2) is 0 Å². The van der Waals surface area contributed by atoms with Crippen molar-refractivity contribution in [2.24, 2.45) is 23.2 Å². The summed E-state index contributed by atoms with van der Waals surface area (Å²) in [5.41, 5.74) is -0.125. The van der Waals surface area contributed by atoms with Crippen LogP contribution in [0.3, 0.4) is 0 Å². The second kappa shape index (κ2) is 3.75. The van der Waals surface area contributed by atoms with Gasteiger partial charge in [-0.2, -0.15) is 0 Å². The summed E-state index contributed by atoms with van der Waals surface area (Å²) in [6, 6.07) is 0. The number of carbonyl (C=O) groups excluding carboxylic acids is 1. The van der Waals surface area contributed by atoms with E-state index in [0.29, 0.717) is 19.2 Å². The zero-order valence-electron chi connectivity index (χ0n) is 12.2. The molecule has 5 fully saturated rings. The van der Waals surface area contributed by atoms with E-state index in [0.717, 1.165) is 37.0 Å². The molecule has 5 aliphatic rings. The Morgan fingerprint density at radius 2 is 1.58 bits per heavy atom. The van der Waals surface area contributed by atoms with Crippen molar-refractivity contribution in [2.45, 2.75) is 57.9 Å². The van der Waals surface area contributed by atoms with E-state index in [4.69, 9.17) is 4.74 Å². The average Bonchev–Trinajstić information content (AvgIpc) is 2.66. The van der Waals surface area contributed by atoms with Gasteiger partial charge in [0.2, 0.25) is 5.91 Å². The number of carbonyl (C=O) groups is 1. The van der Waals surface area contributed by atoms with Crippen molar-refractivity contribution >= 4 is 5.91 Å². The van der Waals surface area contributed by atoms with Gasteiger partial charge in [0.25, 0.3) is 0 Å². The Balaban J connectivity index is 1.63. The van der Waals surface area contributed by atoms with Crippen LogP contribution in [-0.2, 0) is 9.53 Å². The predicted octanol–water partition coefficient (Wildman–Crippen LogP) is 2.80. The molecule has 0 atom stereocenters. The van der Waals surface area contributed by atoms with Crippen molar-refractivity contribution in [3.8, 4) is 0 Å². The first-order valence-corrected chi connectivity index (χ1v) is 7.88. The summed E-state index contributed by atoms with van der Waals surface area (Å²) in [4.78, 5) is 15.2. The predicted molar refractivity (Wildman–Crippen MR) is 72.3 cm³/mol. The molecule has 4 bridgehead atoms. The third-order valence-corrected chi connectivity index (χ3v) is 6.14. The topological polar surface area (TPSA) is 29.5 Å². The number of hydrogen-bond acceptors (Lipinski definition) is 2. The van der Waals surface area contributed by atoms with Gasteiger partial charge in [0.15, 0.2) is 0 Å². The van der Waals surface area contributed by atoms with E-state index in [-0.39, 0.29) is 11.0 Å². The first-order valence-electron chi connectivity index (χ1n) is 7.88. The first-order chi connectivity index (χ1) is 8.98. The molecule has 106 valence electrons. The molecule has 1 amide bonds. The third-order valence-electron chi connectivity index (χ3n) is 6.14. The summed E-state index contributed by atoms with van der Waals surface area (Å²) < 4.78 is 5.56. The quantitative estimate of drug-likeness (QED) is 0.728. The zero-order chi connectivity index (χ0) is 13.3. The van der Waals surface area contributed by atoms with E-state index in [2.05, 4.69) is 13.8 Å². The lowest BCUT2D eigenvalue weighted by Gasteiger charge is -2.57. The SMILES string of the molecule is CC1(C)COCN1C(=O)C12CC3CC(CC(C3)C1)C2. The number of ether oxygens (including phenoxy) is 1. The Morgan fingerprint density at radius 1 is 1.05 bits per heavy atom. The van der Waals surface area contributed by atoms with Crippen molar-refractivity contribution in [3.63, 3.8) is 0 Å². The number of nitrogens with zero attached hydrogens (tertiary/aromatic N) is 1. The Kier molecular flexibility index (Phi) is 2.41. The summed E-state index contributed by atoms with van der Waals surface area (Å²) in [5, 5.41) is 0. The average molecular weight is 263 g/mol. The highest BCUT2D eigenvalue weighted by atomic mass is 16.5. The van der Waals surface area contributed by atoms with Crippen LogP contribution in [0.2, 0.25) is 0 Å². The molecule has 1 saturated heterocycles. The lowest BCUT2D eigenvalue weighted by atomic mass is 9.49. The highest BCUT2D eigenvalue weighted by Gasteiger charge is 2.57. The molecule has 4 aliphatic carbocycles. The van der Waals surface area contributed by atoms with Gasteiger partial charge in [-0.05, 0) is 70.1 Å². The minimum Gasteiger partial charge on any atom is -0.359 e. The molecule has 0 aromatic rings. The van der Waals surface area contributed by atoms with E-state index < -0.39 is 0 Å². The number of amides is 1. The van der Waals surface area contributed by atoms with Gasteiger partial charge >= 0.3 is 0 Å². The number of hydrogen-bond donors (Lipinski definition) is 0. The van der Waals surface area contributed by atoms with Crippen molar-refractivity contribution in [1.29, 1.82) is 0 Å². The summed E-state index contributed by atoms with van der Waals surface area (Å²) in [6.45, 7) is 5.47. The maximum atomic E-state index is 13.2. The molecule has 0 aromatic carbocycles. The largest absolute Gasteiger partial charge is 0.359 e. The van der Waals surface area contributed by atoms with E-state index in [9.17, 15) is 4.79 Å². The molecular weight excluding hydrogens is 238 g/mol. The molecule has 4 saturated carbocycles. The molecule has 3 heteroatoms. The number of rotatable bonds is 1. The Labute approximate surface area is 115 Å². The van der Waals surface area contributed by atoms with Crippen LogP contribution in [0.1, 0.15) is 52.4 Å². The van der Waals surface area contributed by atoms with Gasteiger partial charge in [-0.15, -0.1) is 0 Å². The molecule has 0 aromatic heterocycles.